The number of primary amides is 2. The van der Waals surface area contributed by atoms with Gasteiger partial charge in [-0.05, 0) is 178 Å². The molecule has 0 spiro atoms. The van der Waals surface area contributed by atoms with Gasteiger partial charge in [0.05, 0.1) is 127 Å². The van der Waals surface area contributed by atoms with Crippen molar-refractivity contribution in [1.29, 1.82) is 0 Å². The van der Waals surface area contributed by atoms with Crippen molar-refractivity contribution in [3.05, 3.63) is 251 Å². The minimum absolute atomic E-state index is 0. The smallest absolute Gasteiger partial charge is 0.337 e. The van der Waals surface area contributed by atoms with Crippen LogP contribution in [0.25, 0.3) is 66.9 Å². The molecule has 2 fully saturated rings. The second-order valence-electron chi connectivity index (χ2n) is 30.1. The number of carbonyl (C=O) groups excluding carboxylic acids is 4. The van der Waals surface area contributed by atoms with Gasteiger partial charge in [0.1, 0.15) is 16.8 Å². The van der Waals surface area contributed by atoms with Crippen LogP contribution in [-0.2, 0) is 20.4 Å². The number of rotatable bonds is 28. The van der Waals surface area contributed by atoms with Gasteiger partial charge < -0.3 is 90.2 Å². The Hall–Kier alpha value is -15.5. The van der Waals surface area contributed by atoms with E-state index in [0.717, 1.165) is 98.1 Å². The van der Waals surface area contributed by atoms with E-state index in [1.165, 1.54) is 90.7 Å². The molecule has 0 aliphatic carbocycles. The number of fused-ring (bicyclic) bond motifs is 3. The van der Waals surface area contributed by atoms with Crippen molar-refractivity contribution < 1.29 is 93.3 Å². The zero-order chi connectivity index (χ0) is 103. The van der Waals surface area contributed by atoms with Crippen LogP contribution in [0.1, 0.15) is 90.3 Å². The number of nitrogens with zero attached hydrogens (tertiary/aromatic N) is 12. The molecular formula is C95H107Cl3N22O21S2. The van der Waals surface area contributed by atoms with E-state index >= 15 is 0 Å². The molecule has 143 heavy (non-hydrogen) atoms. The first-order chi connectivity index (χ1) is 68.2. The number of methoxy groups -OCH3 is 10. The van der Waals surface area contributed by atoms with Gasteiger partial charge >= 0.3 is 5.97 Å². The highest BCUT2D eigenvalue weighted by Gasteiger charge is 2.27. The lowest BCUT2D eigenvalue weighted by Crippen LogP contribution is -2.37. The number of carbonyl (C=O) groups is 5. The van der Waals surface area contributed by atoms with Crippen molar-refractivity contribution in [1.82, 2.24) is 74.6 Å². The molecule has 14 aromatic rings. The number of piperidine rings is 2. The Morgan fingerprint density at radius 2 is 0.825 bits per heavy atom. The Morgan fingerprint density at radius 3 is 1.23 bits per heavy atom. The molecule has 11 heterocycles. The largest absolute Gasteiger partial charge is 0.493 e. The normalized spacial score (nSPS) is 12.0. The number of aromatic nitrogens is 12. The van der Waals surface area contributed by atoms with E-state index in [2.05, 4.69) is 74.8 Å². The first-order valence-electron chi connectivity index (χ1n) is 42.9. The minimum Gasteiger partial charge on any atom is -0.493 e. The zero-order valence-electron chi connectivity index (χ0n) is 79.1. The fourth-order valence-electron chi connectivity index (χ4n) is 13.8. The molecule has 0 saturated carbocycles. The Bertz CT molecular complexity index is 6850. The van der Waals surface area contributed by atoms with Gasteiger partial charge in [-0.2, -0.15) is 16.8 Å². The minimum atomic E-state index is -3.65. The number of halogens is 3. The molecule has 0 bridgehead atoms. The molecule has 2 aliphatic rings. The number of hydrogen-bond acceptors (Lipinski definition) is 34. The highest BCUT2D eigenvalue weighted by Crippen LogP contribution is 2.41. The predicted molar refractivity (Wildman–Crippen MR) is 543 cm³/mol. The summed E-state index contributed by atoms with van der Waals surface area (Å²) in [5.41, 5.74) is 22.0. The van der Waals surface area contributed by atoms with Gasteiger partial charge in [-0.1, -0.05) is 11.6 Å². The standard InChI is InChI=1S/C22H28N6O4S.C15H12ClN3O2.C15H15N3O4.C15H13N3O3.C9H12N2O3.C7H17N3O2S.C6H4ClNO.C6H5NO2.ClH/c1-31-19-12-17-18(13-20(19)32-2)26-21(16-4-3-8-24-14-16)27-22(17)28-10-6-15(7-11-28)5-9-25-33(23,29)30;1-20-12-6-10-11(7-13(12)21-2)18-15(19-14(10)16)9-4-3-5-17-8-9;1-21-12-6-10(14(16)19)11(7-13(12)22-2)18-15(20)9-4-3-5-17-8-9;1-20-12-6-10-11(7-13(12)21-2)17-14(18-15(10)19)9-4-3-5-16-8-9;1-13-7-3-5(9(11)12)6(10)4-8(7)14-2;8-13(11,12)10-6-3-7-1-4-9-5-2-7;7-6(9)5-2-1-3-8-4-5;8-6(9)5-2-1-3-7-4-5;/h3-4,8,12-15,25H,5-7,9-11H2,1-2H3,(H2,23,29,30);3-8H,1-2H3;3-8H,1-2H3,(H2,16,19)(H,18,20);3-8H,1-2H3,(H,17,18,19);3-4H,10H2,1-2H3,(H2,11,12);7,9-10H,1-6H2,(H2,8,11,12);1-4H;1-4H,(H,8,9);1H. The maximum atomic E-state index is 12.2. The summed E-state index contributed by atoms with van der Waals surface area (Å²) in [5, 5.41) is 26.0. The summed E-state index contributed by atoms with van der Waals surface area (Å²) in [7, 11) is 8.13. The summed E-state index contributed by atoms with van der Waals surface area (Å²) in [6.07, 6.45) is 24.7. The number of aromatic carboxylic acids is 1. The molecule has 0 radical (unpaired) electrons. The number of carboxylic acid groups (broad SMARTS) is 1. The number of nitrogens with two attached hydrogens (primary N) is 5. The molecule has 43 nitrogen and oxygen atoms in total. The van der Waals surface area contributed by atoms with Crippen LogP contribution in [0.3, 0.4) is 0 Å². The number of aromatic amines is 1. The van der Waals surface area contributed by atoms with E-state index in [1.54, 1.807) is 146 Å². The Morgan fingerprint density at radius 1 is 0.455 bits per heavy atom. The van der Waals surface area contributed by atoms with Gasteiger partial charge in [-0.25, -0.2) is 49.4 Å². The van der Waals surface area contributed by atoms with Crippen LogP contribution in [0.5, 0.6) is 57.5 Å². The van der Waals surface area contributed by atoms with Crippen molar-refractivity contribution in [2.75, 3.05) is 126 Å². The predicted octanol–water partition coefficient (Wildman–Crippen LogP) is 11.1. The molecule has 9 aromatic heterocycles. The van der Waals surface area contributed by atoms with Crippen LogP contribution in [0.4, 0.5) is 17.2 Å². The zero-order valence-corrected chi connectivity index (χ0v) is 83.1. The van der Waals surface area contributed by atoms with Crippen LogP contribution in [0, 0.1) is 11.8 Å². The summed E-state index contributed by atoms with van der Waals surface area (Å²) >= 11 is 11.4. The van der Waals surface area contributed by atoms with Crippen LogP contribution in [-0.4, -0.2) is 221 Å². The summed E-state index contributed by atoms with van der Waals surface area (Å²) in [4.78, 5) is 119. The molecule has 756 valence electrons. The summed E-state index contributed by atoms with van der Waals surface area (Å²) < 4.78 is 100. The van der Waals surface area contributed by atoms with E-state index in [9.17, 15) is 45.6 Å². The van der Waals surface area contributed by atoms with E-state index in [1.807, 2.05) is 42.5 Å². The quantitative estimate of drug-likeness (QED) is 0.0123. The lowest BCUT2D eigenvalue weighted by atomic mass is 9.93. The Labute approximate surface area is 838 Å². The van der Waals surface area contributed by atoms with Crippen LogP contribution < -0.4 is 105 Å². The second-order valence-corrected chi connectivity index (χ2v) is 33.6. The van der Waals surface area contributed by atoms with Crippen LogP contribution in [0.2, 0.25) is 5.15 Å². The Balaban J connectivity index is 0.000000206. The van der Waals surface area contributed by atoms with E-state index < -0.39 is 49.4 Å². The number of benzene rings is 5. The Kier molecular flexibility index (Phi) is 44.3. The van der Waals surface area contributed by atoms with Gasteiger partial charge in [0.15, 0.2) is 69.1 Å². The lowest BCUT2D eigenvalue weighted by molar-refractivity contribution is 0.0695. The molecule has 48 heteroatoms. The summed E-state index contributed by atoms with van der Waals surface area (Å²) in [6.45, 7) is 4.49. The number of anilines is 3. The monoisotopic (exact) mass is 2060 g/mol. The number of nitrogen functional groups attached to an aromatic ring is 1. The van der Waals surface area contributed by atoms with Gasteiger partial charge in [0.2, 0.25) is 0 Å². The number of ether oxygens (including phenoxy) is 10. The van der Waals surface area contributed by atoms with Crippen molar-refractivity contribution >= 4 is 135 Å². The molecular weight excluding hydrogens is 1960 g/mol. The summed E-state index contributed by atoms with van der Waals surface area (Å²) in [6, 6.07) is 37.2. The molecule has 3 amide bonds. The van der Waals surface area contributed by atoms with Gasteiger partial charge in [0, 0.05) is 164 Å². The molecule has 0 unspecified atom stereocenters. The highest BCUT2D eigenvalue weighted by atomic mass is 35.5. The molecule has 2 saturated heterocycles. The summed E-state index contributed by atoms with van der Waals surface area (Å²) in [5.74, 6) is 5.85. The van der Waals surface area contributed by atoms with Gasteiger partial charge in [-0.15, -0.1) is 12.4 Å². The first kappa shape index (κ1) is 113. The topological polar surface area (TPSA) is 622 Å². The van der Waals surface area contributed by atoms with E-state index in [4.69, 9.17) is 113 Å². The highest BCUT2D eigenvalue weighted by molar-refractivity contribution is 7.87. The molecule has 16 rings (SSSR count). The average molecular weight is 2060 g/mol. The van der Waals surface area contributed by atoms with Crippen molar-refractivity contribution in [2.24, 2.45) is 33.6 Å². The number of nitrogens with one attached hydrogen (secondary N) is 5. The molecule has 0 atom stereocenters. The average Bonchev–Trinajstić information content (AvgIpc) is 0.758. The van der Waals surface area contributed by atoms with Gasteiger partial charge in [-0.3, -0.25) is 53.9 Å². The first-order valence-corrected chi connectivity index (χ1v) is 46.8. The van der Waals surface area contributed by atoms with Crippen molar-refractivity contribution in [3.63, 3.8) is 0 Å². The third kappa shape index (κ3) is 33.9. The third-order valence-electron chi connectivity index (χ3n) is 21.0. The second kappa shape index (κ2) is 56.1. The van der Waals surface area contributed by atoms with Crippen LogP contribution in [0.15, 0.2) is 213 Å². The molecule has 5 aromatic carbocycles. The number of hydrogen-bond donors (Lipinski definition) is 11. The fourth-order valence-corrected chi connectivity index (χ4v) is 15.0. The third-order valence-corrected chi connectivity index (χ3v) is 22.7. The number of pyridine rings is 6. The van der Waals surface area contributed by atoms with Crippen molar-refractivity contribution in [3.8, 4) is 91.7 Å². The molecule has 2 aliphatic heterocycles. The number of amides is 3. The molecule has 16 N–H and O–H groups in total. The number of carboxylic acids is 1. The van der Waals surface area contributed by atoms with Crippen LogP contribution >= 0.6 is 35.6 Å². The lowest BCUT2D eigenvalue weighted by Gasteiger charge is -2.33. The van der Waals surface area contributed by atoms with E-state index in [0.29, 0.717) is 138 Å². The fraction of sp³-hybridized carbons (Fsp3) is 0.253. The van der Waals surface area contributed by atoms with Gasteiger partial charge in [0.25, 0.3) is 48.9 Å². The van der Waals surface area contributed by atoms with Crippen molar-refractivity contribution in [2.45, 2.75) is 38.5 Å². The van der Waals surface area contributed by atoms with E-state index in [-0.39, 0.29) is 46.0 Å². The number of H-pyrrole nitrogens is 1. The maximum absolute atomic E-state index is 12.2. The maximum Gasteiger partial charge on any atom is 0.337 e. The SMILES string of the molecule is COc1cc(N)c(C(N)=O)cc1OC.COc1cc(NC(=O)c2cccnc2)c(C(N)=O)cc1OC.COc1cc2nc(-c3cccnc3)[nH]c(=O)c2cc1OC.COc1cc2nc(-c3cccnc3)nc(Cl)c2cc1OC.COc1cc2nc(-c3cccnc3)nc(N3CCC(CCNS(N)(=O)=O)CC3)c2cc1OC.Cl.NS(=O)(=O)NCCC1CCNCC1.O=C(Cl)c1cccnc1.O=C(O)c1cccnc1.